The molecule has 3 rings (SSSR count). The number of hydrogen-bond acceptors (Lipinski definition) is 5. The lowest BCUT2D eigenvalue weighted by molar-refractivity contribution is -0.384. The van der Waals surface area contributed by atoms with E-state index in [1.807, 2.05) is 0 Å². The van der Waals surface area contributed by atoms with E-state index in [0.29, 0.717) is 16.5 Å². The lowest BCUT2D eigenvalue weighted by Crippen LogP contribution is -1.97. The van der Waals surface area contributed by atoms with Crippen LogP contribution in [0.4, 0.5) is 17.2 Å². The Kier molecular flexibility index (Phi) is 3.79. The largest absolute Gasteiger partial charge is 0.340 e. The van der Waals surface area contributed by atoms with Crippen LogP contribution in [-0.2, 0) is 0 Å². The molecule has 1 N–H and O–H groups in total. The zero-order valence-electron chi connectivity index (χ0n) is 11.0. The van der Waals surface area contributed by atoms with Crippen LogP contribution in [0.5, 0.6) is 0 Å². The van der Waals surface area contributed by atoms with Crippen LogP contribution in [0.3, 0.4) is 0 Å². The second-order valence-corrected chi connectivity index (χ2v) is 5.28. The minimum atomic E-state index is -0.536. The summed E-state index contributed by atoms with van der Waals surface area (Å²) in [6.07, 6.45) is 1.42. The number of nitro benzene ring substituents is 1. The molecular formula is C14H8Cl2N4O2. The van der Waals surface area contributed by atoms with Crippen molar-refractivity contribution in [3.63, 3.8) is 0 Å². The van der Waals surface area contributed by atoms with Crippen LogP contribution in [-0.4, -0.2) is 14.9 Å². The highest BCUT2D eigenvalue weighted by Gasteiger charge is 2.13. The van der Waals surface area contributed by atoms with Crippen molar-refractivity contribution in [1.82, 2.24) is 9.97 Å². The first-order valence-electron chi connectivity index (χ1n) is 6.16. The number of hydrogen-bond donors (Lipinski definition) is 1. The van der Waals surface area contributed by atoms with Gasteiger partial charge >= 0.3 is 0 Å². The van der Waals surface area contributed by atoms with Crippen LogP contribution < -0.4 is 5.32 Å². The van der Waals surface area contributed by atoms with Crippen molar-refractivity contribution in [2.45, 2.75) is 0 Å². The fourth-order valence-electron chi connectivity index (χ4n) is 2.00. The van der Waals surface area contributed by atoms with Gasteiger partial charge in [-0.05, 0) is 30.3 Å². The van der Waals surface area contributed by atoms with Crippen molar-refractivity contribution >= 4 is 51.3 Å². The van der Waals surface area contributed by atoms with Gasteiger partial charge in [-0.1, -0.05) is 23.2 Å². The SMILES string of the molecule is O=[N+]([O-])c1ccc(Nc2ncnc3ccc(Cl)cc23)cc1Cl. The van der Waals surface area contributed by atoms with E-state index in [1.54, 1.807) is 24.3 Å². The predicted octanol–water partition coefficient (Wildman–Crippen LogP) is 4.59. The third kappa shape index (κ3) is 2.79. The molecule has 0 radical (unpaired) electrons. The summed E-state index contributed by atoms with van der Waals surface area (Å²) in [5.74, 6) is 0.539. The van der Waals surface area contributed by atoms with E-state index >= 15 is 0 Å². The highest BCUT2D eigenvalue weighted by atomic mass is 35.5. The number of anilines is 2. The first-order valence-corrected chi connectivity index (χ1v) is 6.91. The van der Waals surface area contributed by atoms with Gasteiger partial charge in [0.2, 0.25) is 0 Å². The van der Waals surface area contributed by atoms with Gasteiger partial charge in [0, 0.05) is 22.2 Å². The number of nitrogens with zero attached hydrogens (tertiary/aromatic N) is 3. The summed E-state index contributed by atoms with van der Waals surface area (Å²) in [4.78, 5) is 18.6. The minimum absolute atomic E-state index is 0.0476. The van der Waals surface area contributed by atoms with E-state index < -0.39 is 4.92 Å². The van der Waals surface area contributed by atoms with Crippen molar-refractivity contribution < 1.29 is 4.92 Å². The summed E-state index contributed by atoms with van der Waals surface area (Å²) < 4.78 is 0. The summed E-state index contributed by atoms with van der Waals surface area (Å²) >= 11 is 11.9. The smallest absolute Gasteiger partial charge is 0.288 e. The summed E-state index contributed by atoms with van der Waals surface area (Å²) in [6, 6.07) is 9.63. The number of benzene rings is 2. The van der Waals surface area contributed by atoms with Crippen LogP contribution in [0.2, 0.25) is 10.0 Å². The number of rotatable bonds is 3. The maximum Gasteiger partial charge on any atom is 0.288 e. The number of nitro groups is 1. The van der Waals surface area contributed by atoms with Gasteiger partial charge in [-0.3, -0.25) is 10.1 Å². The number of nitrogens with one attached hydrogen (secondary N) is 1. The molecule has 0 unspecified atom stereocenters. The van der Waals surface area contributed by atoms with E-state index in [1.165, 1.54) is 18.5 Å². The van der Waals surface area contributed by atoms with Crippen molar-refractivity contribution in [3.8, 4) is 0 Å². The third-order valence-corrected chi connectivity index (χ3v) is 3.54. The number of aromatic nitrogens is 2. The van der Waals surface area contributed by atoms with Crippen LogP contribution in [0, 0.1) is 10.1 Å². The molecule has 0 fully saturated rings. The molecule has 1 heterocycles. The molecule has 0 bridgehead atoms. The third-order valence-electron chi connectivity index (χ3n) is 3.00. The van der Waals surface area contributed by atoms with Gasteiger partial charge in [-0.15, -0.1) is 0 Å². The molecule has 6 nitrogen and oxygen atoms in total. The molecule has 0 amide bonds. The molecule has 0 spiro atoms. The van der Waals surface area contributed by atoms with Crippen LogP contribution >= 0.6 is 23.2 Å². The Morgan fingerprint density at radius 1 is 1.09 bits per heavy atom. The van der Waals surface area contributed by atoms with Gasteiger partial charge in [-0.25, -0.2) is 9.97 Å². The predicted molar refractivity (Wildman–Crippen MR) is 85.9 cm³/mol. The Labute approximate surface area is 134 Å². The van der Waals surface area contributed by atoms with Crippen molar-refractivity contribution in [1.29, 1.82) is 0 Å². The fourth-order valence-corrected chi connectivity index (χ4v) is 2.42. The molecule has 0 saturated heterocycles. The molecule has 3 aromatic rings. The Morgan fingerprint density at radius 2 is 1.91 bits per heavy atom. The van der Waals surface area contributed by atoms with Gasteiger partial charge in [0.05, 0.1) is 10.4 Å². The average Bonchev–Trinajstić information content (AvgIpc) is 2.47. The highest BCUT2D eigenvalue weighted by Crippen LogP contribution is 2.30. The molecule has 0 saturated carbocycles. The second kappa shape index (κ2) is 5.75. The van der Waals surface area contributed by atoms with E-state index in [4.69, 9.17) is 23.2 Å². The summed E-state index contributed by atoms with van der Waals surface area (Å²) in [7, 11) is 0. The van der Waals surface area contributed by atoms with Crippen LogP contribution in [0.15, 0.2) is 42.7 Å². The minimum Gasteiger partial charge on any atom is -0.340 e. The standard InChI is InChI=1S/C14H8Cl2N4O2/c15-8-1-3-12-10(5-8)14(18-7-17-12)19-9-2-4-13(20(21)22)11(16)6-9/h1-7H,(H,17,18,19). The zero-order valence-corrected chi connectivity index (χ0v) is 12.5. The van der Waals surface area contributed by atoms with E-state index in [2.05, 4.69) is 15.3 Å². The molecule has 8 heteroatoms. The van der Waals surface area contributed by atoms with Gasteiger partial charge in [0.25, 0.3) is 5.69 Å². The van der Waals surface area contributed by atoms with Crippen LogP contribution in [0.25, 0.3) is 10.9 Å². The molecule has 2 aromatic carbocycles. The molecule has 1 aromatic heterocycles. The lowest BCUT2D eigenvalue weighted by atomic mass is 10.2. The molecule has 0 aliphatic rings. The summed E-state index contributed by atoms with van der Waals surface area (Å²) in [5.41, 5.74) is 1.16. The van der Waals surface area contributed by atoms with Gasteiger partial charge in [-0.2, -0.15) is 0 Å². The van der Waals surface area contributed by atoms with E-state index in [-0.39, 0.29) is 10.7 Å². The van der Waals surface area contributed by atoms with Crippen LogP contribution in [0.1, 0.15) is 0 Å². The Morgan fingerprint density at radius 3 is 2.64 bits per heavy atom. The van der Waals surface area contributed by atoms with Crippen molar-refractivity contribution in [2.75, 3.05) is 5.32 Å². The average molecular weight is 335 g/mol. The van der Waals surface area contributed by atoms with Gasteiger partial charge in [0.15, 0.2) is 0 Å². The monoisotopic (exact) mass is 334 g/mol. The Hall–Kier alpha value is -2.44. The van der Waals surface area contributed by atoms with Crippen molar-refractivity contribution in [3.05, 3.63) is 62.9 Å². The lowest BCUT2D eigenvalue weighted by Gasteiger charge is -2.09. The molecule has 0 aliphatic carbocycles. The molecule has 110 valence electrons. The topological polar surface area (TPSA) is 81.0 Å². The highest BCUT2D eigenvalue weighted by molar-refractivity contribution is 6.33. The summed E-state index contributed by atoms with van der Waals surface area (Å²) in [6.45, 7) is 0. The first-order chi connectivity index (χ1) is 10.5. The second-order valence-electron chi connectivity index (χ2n) is 4.43. The zero-order chi connectivity index (χ0) is 15.7. The normalized spacial score (nSPS) is 10.6. The number of halogens is 2. The Bertz CT molecular complexity index is 886. The molecular weight excluding hydrogens is 327 g/mol. The fraction of sp³-hybridized carbons (Fsp3) is 0. The quantitative estimate of drug-likeness (QED) is 0.559. The summed E-state index contributed by atoms with van der Waals surface area (Å²) in [5, 5.41) is 15.2. The van der Waals surface area contributed by atoms with Gasteiger partial charge < -0.3 is 5.32 Å². The number of fused-ring (bicyclic) bond motifs is 1. The van der Waals surface area contributed by atoms with Gasteiger partial charge in [0.1, 0.15) is 17.2 Å². The molecule has 0 aliphatic heterocycles. The maximum absolute atomic E-state index is 10.8. The maximum atomic E-state index is 10.8. The molecule has 0 atom stereocenters. The van der Waals surface area contributed by atoms with E-state index in [0.717, 1.165) is 10.9 Å². The van der Waals surface area contributed by atoms with Crippen molar-refractivity contribution in [2.24, 2.45) is 0 Å². The first kappa shape index (κ1) is 14.5. The van der Waals surface area contributed by atoms with E-state index in [9.17, 15) is 10.1 Å². The Balaban J connectivity index is 2.01. The molecule has 22 heavy (non-hydrogen) atoms.